The Morgan fingerprint density at radius 1 is 0.893 bits per heavy atom. The molecule has 0 heterocycles. The molecule has 28 heavy (non-hydrogen) atoms. The lowest BCUT2D eigenvalue weighted by molar-refractivity contribution is -0.885. The number of nitrogens with one attached hydrogen (secondary N) is 3. The molecule has 5 heteroatoms. The lowest BCUT2D eigenvalue weighted by atomic mass is 10.1. The molecule has 3 aromatic rings. The topological polar surface area (TPSA) is 62.6 Å². The first-order chi connectivity index (χ1) is 13.4. The summed E-state index contributed by atoms with van der Waals surface area (Å²) in [5.74, 6) is -0.234. The minimum absolute atomic E-state index is 0.115. The highest BCUT2D eigenvalue weighted by Gasteiger charge is 2.24. The summed E-state index contributed by atoms with van der Waals surface area (Å²) < 4.78 is 0. The van der Waals surface area contributed by atoms with Crippen molar-refractivity contribution < 1.29 is 14.5 Å². The highest BCUT2D eigenvalue weighted by Crippen LogP contribution is 2.18. The van der Waals surface area contributed by atoms with Crippen LogP contribution >= 0.6 is 0 Å². The number of likely N-dealkylation sites (N-methyl/N-ethyl adjacent to an activating group) is 1. The van der Waals surface area contributed by atoms with Crippen LogP contribution in [0.15, 0.2) is 66.7 Å². The third-order valence-corrected chi connectivity index (χ3v) is 4.92. The second-order valence-corrected chi connectivity index (χ2v) is 7.21. The summed E-state index contributed by atoms with van der Waals surface area (Å²) in [5, 5.41) is 8.03. The lowest BCUT2D eigenvalue weighted by Gasteiger charge is -2.20. The summed E-state index contributed by atoms with van der Waals surface area (Å²) in [6.45, 7) is 4.03. The Morgan fingerprint density at radius 3 is 2.25 bits per heavy atom. The molecule has 3 N–H and O–H groups in total. The first kappa shape index (κ1) is 19.6. The van der Waals surface area contributed by atoms with Crippen molar-refractivity contribution in [3.05, 3.63) is 72.3 Å². The number of anilines is 2. The second kappa shape index (κ2) is 8.67. The summed E-state index contributed by atoms with van der Waals surface area (Å²) in [6, 6.07) is 21.1. The molecule has 0 saturated carbocycles. The highest BCUT2D eigenvalue weighted by molar-refractivity contribution is 5.96. The Labute approximate surface area is 165 Å². The zero-order chi connectivity index (χ0) is 20.1. The molecule has 0 fully saturated rings. The van der Waals surface area contributed by atoms with Crippen LogP contribution in [0.5, 0.6) is 0 Å². The van der Waals surface area contributed by atoms with E-state index in [1.807, 2.05) is 87.6 Å². The molecular formula is C23H26N3O2+. The molecule has 2 amide bonds. The quantitative estimate of drug-likeness (QED) is 0.619. The van der Waals surface area contributed by atoms with Crippen LogP contribution in [0.2, 0.25) is 0 Å². The first-order valence-corrected chi connectivity index (χ1v) is 9.41. The van der Waals surface area contributed by atoms with Crippen LogP contribution in [0.25, 0.3) is 10.8 Å². The van der Waals surface area contributed by atoms with Gasteiger partial charge in [-0.25, -0.2) is 0 Å². The van der Waals surface area contributed by atoms with Gasteiger partial charge in [0.1, 0.15) is 0 Å². The van der Waals surface area contributed by atoms with E-state index in [1.54, 1.807) is 0 Å². The molecule has 0 aromatic heterocycles. The Bertz CT molecular complexity index is 983. The van der Waals surface area contributed by atoms with Crippen LogP contribution < -0.4 is 15.5 Å². The van der Waals surface area contributed by atoms with Crippen molar-refractivity contribution in [3.8, 4) is 0 Å². The summed E-state index contributed by atoms with van der Waals surface area (Å²) in [7, 11) is 1.85. The van der Waals surface area contributed by atoms with E-state index in [1.165, 1.54) is 0 Å². The number of rotatable bonds is 6. The molecule has 0 radical (unpaired) electrons. The molecule has 0 aliphatic rings. The zero-order valence-corrected chi connectivity index (χ0v) is 16.5. The van der Waals surface area contributed by atoms with Crippen LogP contribution in [0, 0.1) is 6.92 Å². The van der Waals surface area contributed by atoms with E-state index in [4.69, 9.17) is 0 Å². The SMILES string of the molecule is Cc1ccc(NC(=O)C[NH+](C)[C@H](C)C(=O)Nc2ccc3ccccc3c2)cc1. The van der Waals surface area contributed by atoms with Gasteiger partial charge in [0.05, 0.1) is 7.05 Å². The lowest BCUT2D eigenvalue weighted by Crippen LogP contribution is -3.14. The Morgan fingerprint density at radius 2 is 1.54 bits per heavy atom. The molecule has 0 aliphatic carbocycles. The number of carbonyl (C=O) groups is 2. The van der Waals surface area contributed by atoms with Gasteiger partial charge in [0.25, 0.3) is 11.8 Å². The number of hydrogen-bond donors (Lipinski definition) is 3. The first-order valence-electron chi connectivity index (χ1n) is 9.41. The Kier molecular flexibility index (Phi) is 6.06. The largest absolute Gasteiger partial charge is 0.321 e. The summed E-state index contributed by atoms with van der Waals surface area (Å²) >= 11 is 0. The van der Waals surface area contributed by atoms with Crippen molar-refractivity contribution in [2.75, 3.05) is 24.2 Å². The maximum Gasteiger partial charge on any atom is 0.282 e. The summed E-state index contributed by atoms with van der Waals surface area (Å²) in [6.07, 6.45) is 0. The normalized spacial score (nSPS) is 13.0. The summed E-state index contributed by atoms with van der Waals surface area (Å²) in [4.78, 5) is 25.7. The average Bonchev–Trinajstić information content (AvgIpc) is 2.69. The number of aryl methyl sites for hydroxylation is 1. The van der Waals surface area contributed by atoms with Gasteiger partial charge in [-0.3, -0.25) is 9.59 Å². The fourth-order valence-electron chi connectivity index (χ4n) is 2.99. The Balaban J connectivity index is 1.56. The van der Waals surface area contributed by atoms with Crippen molar-refractivity contribution in [1.29, 1.82) is 0 Å². The van der Waals surface area contributed by atoms with Gasteiger partial charge in [0, 0.05) is 11.4 Å². The number of fused-ring (bicyclic) bond motifs is 1. The number of quaternary nitrogens is 1. The summed E-state index contributed by atoms with van der Waals surface area (Å²) in [5.41, 5.74) is 2.66. The molecule has 3 aromatic carbocycles. The molecule has 5 nitrogen and oxygen atoms in total. The minimum atomic E-state index is -0.366. The van der Waals surface area contributed by atoms with Gasteiger partial charge in [0.15, 0.2) is 12.6 Å². The standard InChI is InChI=1S/C23H25N3O2/c1-16-8-11-20(12-9-16)24-22(27)15-26(3)17(2)23(28)25-21-13-10-18-6-4-5-7-19(18)14-21/h4-14,17H,15H2,1-3H3,(H,24,27)(H,25,28)/p+1/t17-/m1/s1. The van der Waals surface area contributed by atoms with Crippen molar-refractivity contribution in [2.45, 2.75) is 19.9 Å². The van der Waals surface area contributed by atoms with Gasteiger partial charge >= 0.3 is 0 Å². The monoisotopic (exact) mass is 376 g/mol. The molecule has 1 unspecified atom stereocenters. The van der Waals surface area contributed by atoms with Crippen molar-refractivity contribution in [1.82, 2.24) is 0 Å². The van der Waals surface area contributed by atoms with Crippen molar-refractivity contribution >= 4 is 34.0 Å². The molecule has 144 valence electrons. The van der Waals surface area contributed by atoms with Crippen LogP contribution in [0.3, 0.4) is 0 Å². The second-order valence-electron chi connectivity index (χ2n) is 7.21. The zero-order valence-electron chi connectivity index (χ0n) is 16.5. The van der Waals surface area contributed by atoms with Crippen LogP contribution in [0.4, 0.5) is 11.4 Å². The van der Waals surface area contributed by atoms with E-state index >= 15 is 0 Å². The van der Waals surface area contributed by atoms with E-state index in [0.717, 1.165) is 32.6 Å². The molecule has 0 bridgehead atoms. The van der Waals surface area contributed by atoms with Crippen LogP contribution in [-0.2, 0) is 9.59 Å². The predicted molar refractivity (Wildman–Crippen MR) is 114 cm³/mol. The van der Waals surface area contributed by atoms with Crippen molar-refractivity contribution in [3.63, 3.8) is 0 Å². The van der Waals surface area contributed by atoms with Gasteiger partial charge in [-0.1, -0.05) is 48.0 Å². The smallest absolute Gasteiger partial charge is 0.282 e. The Hall–Kier alpha value is -3.18. The van der Waals surface area contributed by atoms with E-state index in [-0.39, 0.29) is 24.4 Å². The van der Waals surface area contributed by atoms with E-state index in [9.17, 15) is 9.59 Å². The minimum Gasteiger partial charge on any atom is -0.321 e. The third kappa shape index (κ3) is 4.96. The van der Waals surface area contributed by atoms with Gasteiger partial charge < -0.3 is 15.5 Å². The van der Waals surface area contributed by atoms with Crippen LogP contribution in [0.1, 0.15) is 12.5 Å². The van der Waals surface area contributed by atoms with Crippen molar-refractivity contribution in [2.24, 2.45) is 0 Å². The highest BCUT2D eigenvalue weighted by atomic mass is 16.2. The van der Waals surface area contributed by atoms with Crippen LogP contribution in [-0.4, -0.2) is 31.4 Å². The van der Waals surface area contributed by atoms with Gasteiger partial charge in [-0.2, -0.15) is 0 Å². The maximum absolute atomic E-state index is 12.6. The van der Waals surface area contributed by atoms with Gasteiger partial charge in [-0.05, 0) is 48.9 Å². The molecule has 0 aliphatic heterocycles. The average molecular weight is 376 g/mol. The predicted octanol–water partition coefficient (Wildman–Crippen LogP) is 2.63. The number of carbonyl (C=O) groups excluding carboxylic acids is 2. The van der Waals surface area contributed by atoms with E-state index < -0.39 is 0 Å². The van der Waals surface area contributed by atoms with E-state index in [0.29, 0.717) is 0 Å². The number of amides is 2. The maximum atomic E-state index is 12.6. The van der Waals surface area contributed by atoms with Gasteiger partial charge in [-0.15, -0.1) is 0 Å². The number of hydrogen-bond acceptors (Lipinski definition) is 2. The molecule has 0 spiro atoms. The fraction of sp³-hybridized carbons (Fsp3) is 0.217. The van der Waals surface area contributed by atoms with E-state index in [2.05, 4.69) is 10.6 Å². The fourth-order valence-corrected chi connectivity index (χ4v) is 2.99. The molecular weight excluding hydrogens is 350 g/mol. The van der Waals surface area contributed by atoms with Gasteiger partial charge in [0.2, 0.25) is 0 Å². The third-order valence-electron chi connectivity index (χ3n) is 4.92. The molecule has 2 atom stereocenters. The number of benzene rings is 3. The molecule has 3 rings (SSSR count). The molecule has 0 saturated heterocycles.